The van der Waals surface area contributed by atoms with E-state index in [1.165, 1.54) is 0 Å². The van der Waals surface area contributed by atoms with Crippen molar-refractivity contribution < 1.29 is 23.7 Å². The van der Waals surface area contributed by atoms with Crippen LogP contribution in [-0.4, -0.2) is 26.4 Å². The third kappa shape index (κ3) is 3.18. The first-order valence-corrected chi connectivity index (χ1v) is 8.74. The van der Waals surface area contributed by atoms with Crippen LogP contribution in [-0.2, 0) is 4.79 Å². The lowest BCUT2D eigenvalue weighted by molar-refractivity contribution is -0.116. The van der Waals surface area contributed by atoms with Gasteiger partial charge < -0.3 is 24.3 Å². The van der Waals surface area contributed by atoms with Gasteiger partial charge in [-0.15, -0.1) is 0 Å². The van der Waals surface area contributed by atoms with E-state index in [1.54, 1.807) is 7.11 Å². The standard InChI is InChI=1S/C21H21NO5/c1-12(2)10-25-21-13(5-4-6-17(21)24-3)14-8-20(23)22-16-9-19-18(7-15(14)16)26-11-27-19/h4-7,9,14H,1,8,10-11H2,2-3H3,(H,22,23). The van der Waals surface area contributed by atoms with Crippen LogP contribution in [0.3, 0.4) is 0 Å². The highest BCUT2D eigenvalue weighted by molar-refractivity contribution is 5.96. The Balaban J connectivity index is 1.82. The molecule has 0 bridgehead atoms. The maximum atomic E-state index is 12.4. The number of rotatable bonds is 5. The van der Waals surface area contributed by atoms with Crippen LogP contribution < -0.4 is 24.3 Å². The Labute approximate surface area is 157 Å². The number of carbonyl (C=O) groups excluding carboxylic acids is 1. The van der Waals surface area contributed by atoms with E-state index in [1.807, 2.05) is 37.3 Å². The molecule has 1 atom stereocenters. The fourth-order valence-corrected chi connectivity index (χ4v) is 3.45. The van der Waals surface area contributed by atoms with Crippen LogP contribution in [0.25, 0.3) is 0 Å². The largest absolute Gasteiger partial charge is 0.493 e. The Hall–Kier alpha value is -3.15. The molecule has 0 saturated carbocycles. The molecule has 6 heteroatoms. The molecule has 0 radical (unpaired) electrons. The van der Waals surface area contributed by atoms with E-state index in [2.05, 4.69) is 11.9 Å². The summed E-state index contributed by atoms with van der Waals surface area (Å²) < 4.78 is 22.5. The Bertz CT molecular complexity index is 921. The molecule has 1 N–H and O–H groups in total. The topological polar surface area (TPSA) is 66.0 Å². The fraction of sp³-hybridized carbons (Fsp3) is 0.286. The number of ether oxygens (including phenoxy) is 4. The monoisotopic (exact) mass is 367 g/mol. The third-order valence-corrected chi connectivity index (χ3v) is 4.65. The summed E-state index contributed by atoms with van der Waals surface area (Å²) in [5, 5.41) is 2.93. The molecule has 1 unspecified atom stereocenters. The summed E-state index contributed by atoms with van der Waals surface area (Å²) >= 11 is 0. The van der Waals surface area contributed by atoms with Crippen LogP contribution in [0, 0.1) is 0 Å². The zero-order valence-corrected chi connectivity index (χ0v) is 15.3. The average Bonchev–Trinajstić information content (AvgIpc) is 3.10. The van der Waals surface area contributed by atoms with Crippen molar-refractivity contribution >= 4 is 11.6 Å². The minimum atomic E-state index is -0.182. The van der Waals surface area contributed by atoms with E-state index in [0.29, 0.717) is 36.0 Å². The molecule has 4 rings (SSSR count). The molecule has 0 aromatic heterocycles. The number of fused-ring (bicyclic) bond motifs is 2. The summed E-state index contributed by atoms with van der Waals surface area (Å²) in [7, 11) is 1.60. The van der Waals surface area contributed by atoms with Gasteiger partial charge in [0.05, 0.1) is 7.11 Å². The maximum Gasteiger partial charge on any atom is 0.231 e. The Morgan fingerprint density at radius 3 is 2.78 bits per heavy atom. The van der Waals surface area contributed by atoms with Gasteiger partial charge in [0.2, 0.25) is 12.7 Å². The molecule has 2 aromatic rings. The first kappa shape index (κ1) is 17.3. The molecule has 2 aliphatic heterocycles. The minimum absolute atomic E-state index is 0.0555. The summed E-state index contributed by atoms with van der Waals surface area (Å²) in [5.41, 5.74) is 3.49. The van der Waals surface area contributed by atoms with Crippen LogP contribution in [0.5, 0.6) is 23.0 Å². The van der Waals surface area contributed by atoms with E-state index in [9.17, 15) is 4.79 Å². The summed E-state index contributed by atoms with van der Waals surface area (Å²) in [6, 6.07) is 9.47. The molecule has 27 heavy (non-hydrogen) atoms. The zero-order valence-electron chi connectivity index (χ0n) is 15.3. The number of anilines is 1. The molecule has 0 fully saturated rings. The van der Waals surface area contributed by atoms with Crippen LogP contribution >= 0.6 is 0 Å². The van der Waals surface area contributed by atoms with E-state index < -0.39 is 0 Å². The van der Waals surface area contributed by atoms with Crippen molar-refractivity contribution in [2.24, 2.45) is 0 Å². The van der Waals surface area contributed by atoms with Gasteiger partial charge in [0, 0.05) is 29.7 Å². The Kier molecular flexibility index (Phi) is 4.39. The van der Waals surface area contributed by atoms with Gasteiger partial charge in [-0.05, 0) is 30.2 Å². The third-order valence-electron chi connectivity index (χ3n) is 4.65. The second kappa shape index (κ2) is 6.87. The van der Waals surface area contributed by atoms with E-state index in [-0.39, 0.29) is 18.6 Å². The van der Waals surface area contributed by atoms with Crippen molar-refractivity contribution in [2.75, 3.05) is 25.8 Å². The molecule has 140 valence electrons. The molecule has 2 heterocycles. The van der Waals surface area contributed by atoms with Crippen molar-refractivity contribution in [3.8, 4) is 23.0 Å². The molecule has 2 aromatic carbocycles. The number of para-hydroxylation sites is 1. The molecular weight excluding hydrogens is 346 g/mol. The predicted octanol–water partition coefficient (Wildman–Crippen LogP) is 3.85. The number of carbonyl (C=O) groups is 1. The van der Waals surface area contributed by atoms with Crippen molar-refractivity contribution in [3.63, 3.8) is 0 Å². The highest BCUT2D eigenvalue weighted by Gasteiger charge is 2.32. The molecule has 0 saturated heterocycles. The van der Waals surface area contributed by atoms with Gasteiger partial charge in [-0.25, -0.2) is 0 Å². The lowest BCUT2D eigenvalue weighted by Crippen LogP contribution is -2.24. The predicted molar refractivity (Wildman–Crippen MR) is 101 cm³/mol. The molecule has 2 aliphatic rings. The highest BCUT2D eigenvalue weighted by Crippen LogP contribution is 2.48. The molecular formula is C21H21NO5. The number of amides is 1. The van der Waals surface area contributed by atoms with Gasteiger partial charge in [-0.1, -0.05) is 18.7 Å². The molecule has 0 spiro atoms. The minimum Gasteiger partial charge on any atom is -0.493 e. The van der Waals surface area contributed by atoms with E-state index in [4.69, 9.17) is 18.9 Å². The van der Waals surface area contributed by atoms with Crippen LogP contribution in [0.2, 0.25) is 0 Å². The number of benzene rings is 2. The number of nitrogens with one attached hydrogen (secondary N) is 1. The van der Waals surface area contributed by atoms with Gasteiger partial charge in [-0.2, -0.15) is 0 Å². The quantitative estimate of drug-likeness (QED) is 0.813. The zero-order chi connectivity index (χ0) is 19.0. The summed E-state index contributed by atoms with van der Waals surface area (Å²) in [5.74, 6) is 2.34. The smallest absolute Gasteiger partial charge is 0.231 e. The summed E-state index contributed by atoms with van der Waals surface area (Å²) in [6.07, 6.45) is 0.309. The van der Waals surface area contributed by atoms with Gasteiger partial charge in [0.1, 0.15) is 6.61 Å². The number of hydrogen-bond donors (Lipinski definition) is 1. The normalized spacial score (nSPS) is 17.1. The molecule has 1 amide bonds. The Morgan fingerprint density at radius 1 is 1.26 bits per heavy atom. The highest BCUT2D eigenvalue weighted by atomic mass is 16.7. The average molecular weight is 367 g/mol. The van der Waals surface area contributed by atoms with Crippen molar-refractivity contribution in [3.05, 3.63) is 53.6 Å². The second-order valence-electron chi connectivity index (χ2n) is 6.72. The first-order chi connectivity index (χ1) is 13.1. The first-order valence-electron chi connectivity index (χ1n) is 8.74. The fourth-order valence-electron chi connectivity index (χ4n) is 3.45. The summed E-state index contributed by atoms with van der Waals surface area (Å²) in [6.45, 7) is 6.36. The number of hydrogen-bond acceptors (Lipinski definition) is 5. The lowest BCUT2D eigenvalue weighted by atomic mass is 9.84. The second-order valence-corrected chi connectivity index (χ2v) is 6.72. The van der Waals surface area contributed by atoms with E-state index in [0.717, 1.165) is 22.4 Å². The van der Waals surface area contributed by atoms with Gasteiger partial charge >= 0.3 is 0 Å². The lowest BCUT2D eigenvalue weighted by Gasteiger charge is -2.28. The SMILES string of the molecule is C=C(C)COc1c(OC)cccc1C1CC(=O)Nc2cc3c(cc21)OCO3. The maximum absolute atomic E-state index is 12.4. The van der Waals surface area contributed by atoms with Gasteiger partial charge in [0.25, 0.3) is 0 Å². The van der Waals surface area contributed by atoms with Crippen LogP contribution in [0.4, 0.5) is 5.69 Å². The number of methoxy groups -OCH3 is 1. The van der Waals surface area contributed by atoms with Gasteiger partial charge in [-0.3, -0.25) is 4.79 Å². The summed E-state index contributed by atoms with van der Waals surface area (Å²) in [4.78, 5) is 12.4. The Morgan fingerprint density at radius 2 is 2.04 bits per heavy atom. The van der Waals surface area contributed by atoms with Crippen molar-refractivity contribution in [1.29, 1.82) is 0 Å². The van der Waals surface area contributed by atoms with Crippen molar-refractivity contribution in [1.82, 2.24) is 0 Å². The van der Waals surface area contributed by atoms with E-state index >= 15 is 0 Å². The molecule has 6 nitrogen and oxygen atoms in total. The molecule has 0 aliphatic carbocycles. The van der Waals surface area contributed by atoms with Crippen LogP contribution in [0.15, 0.2) is 42.5 Å². The van der Waals surface area contributed by atoms with Crippen molar-refractivity contribution in [2.45, 2.75) is 19.3 Å². The van der Waals surface area contributed by atoms with Gasteiger partial charge in [0.15, 0.2) is 23.0 Å². The van der Waals surface area contributed by atoms with Crippen LogP contribution in [0.1, 0.15) is 30.4 Å².